The summed E-state index contributed by atoms with van der Waals surface area (Å²) in [5, 5.41) is 4.29. The maximum atomic E-state index is 5.65. The zero-order valence-corrected chi connectivity index (χ0v) is 14.1. The van der Waals surface area contributed by atoms with Gasteiger partial charge in [0.05, 0.1) is 12.6 Å². The smallest absolute Gasteiger partial charge is 0.143 e. The van der Waals surface area contributed by atoms with Crippen molar-refractivity contribution in [3.63, 3.8) is 0 Å². The molecule has 122 valence electrons. The largest absolute Gasteiger partial charge is 0.495 e. The molecule has 24 heavy (non-hydrogen) atoms. The third-order valence-electron chi connectivity index (χ3n) is 4.44. The molecule has 1 aromatic heterocycles. The highest BCUT2D eigenvalue weighted by Crippen LogP contribution is 2.35. The summed E-state index contributed by atoms with van der Waals surface area (Å²) >= 11 is 0. The molecule has 0 aliphatic heterocycles. The second-order valence-corrected chi connectivity index (χ2v) is 5.85. The molecule has 0 bridgehead atoms. The molecular formula is C21H22N2O. The van der Waals surface area contributed by atoms with E-state index in [-0.39, 0.29) is 5.92 Å². The van der Waals surface area contributed by atoms with Crippen LogP contribution in [0.15, 0.2) is 48.7 Å². The van der Waals surface area contributed by atoms with Crippen LogP contribution in [0.1, 0.15) is 29.0 Å². The molecule has 3 aromatic rings. The van der Waals surface area contributed by atoms with Crippen LogP contribution >= 0.6 is 0 Å². The molecule has 1 unspecified atom stereocenters. The number of aromatic amines is 1. The quantitative estimate of drug-likeness (QED) is 0.676. The normalized spacial score (nSPS) is 12.0. The lowest BCUT2D eigenvalue weighted by Gasteiger charge is -2.19. The van der Waals surface area contributed by atoms with E-state index in [9.17, 15) is 0 Å². The number of methoxy groups -OCH3 is 1. The van der Waals surface area contributed by atoms with E-state index >= 15 is 0 Å². The lowest BCUT2D eigenvalue weighted by Crippen LogP contribution is -2.13. The first-order valence-electron chi connectivity index (χ1n) is 8.13. The predicted molar refractivity (Wildman–Crippen MR) is 99.6 cm³/mol. The maximum absolute atomic E-state index is 5.65. The van der Waals surface area contributed by atoms with Crippen LogP contribution in [-0.2, 0) is 0 Å². The highest BCUT2D eigenvalue weighted by molar-refractivity contribution is 5.91. The van der Waals surface area contributed by atoms with Gasteiger partial charge in [-0.15, -0.1) is 6.42 Å². The standard InChI is InChI=1S/C21H22N2O/c1-4-15-14-23-21-19(15)12-17(13-20(21)24-3)18(10-11-22-2)16-8-6-5-7-9-16/h1,5-9,12-14,18,22-23H,10-11H2,2-3H3. The molecule has 0 fully saturated rings. The highest BCUT2D eigenvalue weighted by atomic mass is 16.5. The number of benzene rings is 2. The molecule has 0 aliphatic carbocycles. The van der Waals surface area contributed by atoms with E-state index in [1.165, 1.54) is 11.1 Å². The Kier molecular flexibility index (Phi) is 4.88. The Morgan fingerprint density at radius 3 is 2.67 bits per heavy atom. The predicted octanol–water partition coefficient (Wildman–Crippen LogP) is 3.90. The Morgan fingerprint density at radius 2 is 2.00 bits per heavy atom. The van der Waals surface area contributed by atoms with E-state index in [1.54, 1.807) is 7.11 Å². The lowest BCUT2D eigenvalue weighted by molar-refractivity contribution is 0.418. The number of H-pyrrole nitrogens is 1. The minimum Gasteiger partial charge on any atom is -0.495 e. The molecule has 3 nitrogen and oxygen atoms in total. The van der Waals surface area contributed by atoms with Crippen molar-refractivity contribution in [1.82, 2.24) is 10.3 Å². The van der Waals surface area contributed by atoms with E-state index < -0.39 is 0 Å². The Labute approximate surface area is 143 Å². The molecule has 0 saturated heterocycles. The van der Waals surface area contributed by atoms with Crippen LogP contribution < -0.4 is 10.1 Å². The zero-order valence-electron chi connectivity index (χ0n) is 14.1. The third kappa shape index (κ3) is 3.02. The van der Waals surface area contributed by atoms with Crippen molar-refractivity contribution < 1.29 is 4.74 Å². The van der Waals surface area contributed by atoms with Gasteiger partial charge in [0.2, 0.25) is 0 Å². The van der Waals surface area contributed by atoms with Crippen LogP contribution in [0.3, 0.4) is 0 Å². The fourth-order valence-corrected chi connectivity index (χ4v) is 3.20. The molecule has 0 aliphatic rings. The van der Waals surface area contributed by atoms with Crippen molar-refractivity contribution in [2.45, 2.75) is 12.3 Å². The summed E-state index contributed by atoms with van der Waals surface area (Å²) in [6.45, 7) is 0.940. The number of aromatic nitrogens is 1. The van der Waals surface area contributed by atoms with E-state index in [0.29, 0.717) is 0 Å². The number of terminal acetylenes is 1. The van der Waals surface area contributed by atoms with Crippen molar-refractivity contribution in [1.29, 1.82) is 0 Å². The lowest BCUT2D eigenvalue weighted by atomic mass is 9.87. The van der Waals surface area contributed by atoms with Gasteiger partial charge >= 0.3 is 0 Å². The molecule has 1 atom stereocenters. The van der Waals surface area contributed by atoms with Crippen molar-refractivity contribution in [3.8, 4) is 18.1 Å². The molecule has 0 amide bonds. The second-order valence-electron chi connectivity index (χ2n) is 5.85. The van der Waals surface area contributed by atoms with Gasteiger partial charge in [0.25, 0.3) is 0 Å². The van der Waals surface area contributed by atoms with Gasteiger partial charge in [-0.1, -0.05) is 36.3 Å². The van der Waals surface area contributed by atoms with E-state index in [2.05, 4.69) is 52.6 Å². The molecule has 3 rings (SSSR count). The van der Waals surface area contributed by atoms with Crippen LogP contribution in [0, 0.1) is 12.3 Å². The Balaban J connectivity index is 2.15. The molecule has 0 radical (unpaired) electrons. The molecule has 1 heterocycles. The fourth-order valence-electron chi connectivity index (χ4n) is 3.20. The van der Waals surface area contributed by atoms with Gasteiger partial charge in [-0.3, -0.25) is 0 Å². The van der Waals surface area contributed by atoms with Crippen LogP contribution in [-0.4, -0.2) is 25.7 Å². The summed E-state index contributed by atoms with van der Waals surface area (Å²) in [5.41, 5.74) is 4.34. The van der Waals surface area contributed by atoms with Gasteiger partial charge in [0.1, 0.15) is 5.75 Å². The molecular weight excluding hydrogens is 296 g/mol. The van der Waals surface area contributed by atoms with Crippen LogP contribution in [0.2, 0.25) is 0 Å². The van der Waals surface area contributed by atoms with E-state index in [4.69, 9.17) is 11.2 Å². The summed E-state index contributed by atoms with van der Waals surface area (Å²) in [5.74, 6) is 3.87. The number of fused-ring (bicyclic) bond motifs is 1. The number of hydrogen-bond acceptors (Lipinski definition) is 2. The topological polar surface area (TPSA) is 37.0 Å². The first-order valence-corrected chi connectivity index (χ1v) is 8.13. The summed E-state index contributed by atoms with van der Waals surface area (Å²) in [6, 6.07) is 14.9. The average Bonchev–Trinajstić information content (AvgIpc) is 3.05. The first-order chi connectivity index (χ1) is 11.8. The Bertz CT molecular complexity index is 859. The van der Waals surface area contributed by atoms with Gasteiger partial charge in [-0.25, -0.2) is 0 Å². The summed E-state index contributed by atoms with van der Waals surface area (Å²) in [7, 11) is 3.68. The van der Waals surface area contributed by atoms with Gasteiger partial charge < -0.3 is 15.0 Å². The molecule has 0 saturated carbocycles. The van der Waals surface area contributed by atoms with Crippen molar-refractivity contribution in [3.05, 3.63) is 65.4 Å². The SMILES string of the molecule is C#Cc1c[nH]c2c(OC)cc(C(CCNC)c3ccccc3)cc12. The third-order valence-corrected chi connectivity index (χ3v) is 4.44. The average molecular weight is 318 g/mol. The minimum absolute atomic E-state index is 0.289. The summed E-state index contributed by atoms with van der Waals surface area (Å²) < 4.78 is 5.60. The number of rotatable bonds is 6. The van der Waals surface area contributed by atoms with Gasteiger partial charge in [0.15, 0.2) is 0 Å². The van der Waals surface area contributed by atoms with Crippen molar-refractivity contribution in [2.75, 3.05) is 20.7 Å². The van der Waals surface area contributed by atoms with Gasteiger partial charge in [0, 0.05) is 23.1 Å². The Morgan fingerprint density at radius 1 is 1.21 bits per heavy atom. The maximum Gasteiger partial charge on any atom is 0.143 e. The molecule has 0 spiro atoms. The number of ether oxygens (including phenoxy) is 1. The highest BCUT2D eigenvalue weighted by Gasteiger charge is 2.18. The van der Waals surface area contributed by atoms with Crippen LogP contribution in [0.4, 0.5) is 0 Å². The number of nitrogens with one attached hydrogen (secondary N) is 2. The number of hydrogen-bond donors (Lipinski definition) is 2. The minimum atomic E-state index is 0.289. The van der Waals surface area contributed by atoms with Gasteiger partial charge in [-0.2, -0.15) is 0 Å². The summed E-state index contributed by atoms with van der Waals surface area (Å²) in [4.78, 5) is 3.23. The first kappa shape index (κ1) is 16.2. The van der Waals surface area contributed by atoms with E-state index in [0.717, 1.165) is 35.2 Å². The Hall–Kier alpha value is -2.70. The fraction of sp³-hybridized carbons (Fsp3) is 0.238. The van der Waals surface area contributed by atoms with Crippen molar-refractivity contribution >= 4 is 10.9 Å². The molecule has 3 heteroatoms. The second kappa shape index (κ2) is 7.25. The molecule has 2 N–H and O–H groups in total. The summed E-state index contributed by atoms with van der Waals surface area (Å²) in [6.07, 6.45) is 8.52. The van der Waals surface area contributed by atoms with E-state index in [1.807, 2.05) is 19.3 Å². The monoisotopic (exact) mass is 318 g/mol. The van der Waals surface area contributed by atoms with Gasteiger partial charge in [-0.05, 0) is 43.3 Å². The van der Waals surface area contributed by atoms with Crippen LogP contribution in [0.25, 0.3) is 10.9 Å². The molecule has 2 aromatic carbocycles. The van der Waals surface area contributed by atoms with Crippen molar-refractivity contribution in [2.24, 2.45) is 0 Å². The van der Waals surface area contributed by atoms with Crippen LogP contribution in [0.5, 0.6) is 5.75 Å². The zero-order chi connectivity index (χ0) is 16.9.